The van der Waals surface area contributed by atoms with E-state index in [4.69, 9.17) is 4.74 Å². The Kier molecular flexibility index (Phi) is 3.13. The van der Waals surface area contributed by atoms with Crippen molar-refractivity contribution in [3.63, 3.8) is 0 Å². The Morgan fingerprint density at radius 1 is 1.42 bits per heavy atom. The lowest BCUT2D eigenvalue weighted by molar-refractivity contribution is -0.0553. The van der Waals surface area contributed by atoms with E-state index in [0.29, 0.717) is 0 Å². The fourth-order valence-electron chi connectivity index (χ4n) is 1.67. The maximum absolute atomic E-state index is 5.45. The monoisotopic (exact) mass is 171 g/mol. The molecule has 0 unspecified atom stereocenters. The van der Waals surface area contributed by atoms with Crippen LogP contribution >= 0.6 is 0 Å². The average Bonchev–Trinajstić information content (AvgIpc) is 1.92. The summed E-state index contributed by atoms with van der Waals surface area (Å²) in [5, 5.41) is 0. The molecule has 1 saturated heterocycles. The number of rotatable bonds is 2. The van der Waals surface area contributed by atoms with Gasteiger partial charge in [-0.2, -0.15) is 0 Å². The van der Waals surface area contributed by atoms with Crippen molar-refractivity contribution in [2.75, 3.05) is 26.3 Å². The summed E-state index contributed by atoms with van der Waals surface area (Å²) in [4.78, 5) is 2.53. The molecule has 2 heteroatoms. The van der Waals surface area contributed by atoms with Gasteiger partial charge in [0.25, 0.3) is 0 Å². The molecule has 2 nitrogen and oxygen atoms in total. The highest BCUT2D eigenvalue weighted by Gasteiger charge is 2.30. The SMILES string of the molecule is CC(C)CN1CCOCC1(C)C. The smallest absolute Gasteiger partial charge is 0.0645 e. The Labute approximate surface area is 75.9 Å². The summed E-state index contributed by atoms with van der Waals surface area (Å²) >= 11 is 0. The number of hydrogen-bond acceptors (Lipinski definition) is 2. The van der Waals surface area contributed by atoms with Gasteiger partial charge in [-0.1, -0.05) is 13.8 Å². The van der Waals surface area contributed by atoms with E-state index < -0.39 is 0 Å². The van der Waals surface area contributed by atoms with Crippen LogP contribution in [0, 0.1) is 5.92 Å². The molecule has 0 spiro atoms. The Bertz CT molecular complexity index is 143. The molecule has 0 bridgehead atoms. The molecule has 0 radical (unpaired) electrons. The van der Waals surface area contributed by atoms with Crippen molar-refractivity contribution in [1.82, 2.24) is 4.90 Å². The molecule has 0 aromatic heterocycles. The highest BCUT2D eigenvalue weighted by Crippen LogP contribution is 2.19. The van der Waals surface area contributed by atoms with Gasteiger partial charge in [0.15, 0.2) is 0 Å². The zero-order chi connectivity index (χ0) is 9.19. The van der Waals surface area contributed by atoms with E-state index in [1.165, 1.54) is 6.54 Å². The fourth-order valence-corrected chi connectivity index (χ4v) is 1.67. The first-order valence-corrected chi connectivity index (χ1v) is 4.85. The van der Waals surface area contributed by atoms with Gasteiger partial charge in [-0.25, -0.2) is 0 Å². The molecule has 0 N–H and O–H groups in total. The summed E-state index contributed by atoms with van der Waals surface area (Å²) in [6.45, 7) is 13.1. The summed E-state index contributed by atoms with van der Waals surface area (Å²) in [5.74, 6) is 0.752. The van der Waals surface area contributed by atoms with Gasteiger partial charge in [0, 0.05) is 18.6 Å². The van der Waals surface area contributed by atoms with Crippen molar-refractivity contribution >= 4 is 0 Å². The van der Waals surface area contributed by atoms with E-state index in [1.54, 1.807) is 0 Å². The topological polar surface area (TPSA) is 12.5 Å². The van der Waals surface area contributed by atoms with Crippen LogP contribution in [0.4, 0.5) is 0 Å². The zero-order valence-corrected chi connectivity index (χ0v) is 8.76. The van der Waals surface area contributed by atoms with Crippen molar-refractivity contribution in [3.05, 3.63) is 0 Å². The number of morpholine rings is 1. The molecule has 0 atom stereocenters. The lowest BCUT2D eigenvalue weighted by atomic mass is 10.0. The maximum atomic E-state index is 5.45. The Hall–Kier alpha value is -0.0800. The molecule has 0 amide bonds. The summed E-state index contributed by atoms with van der Waals surface area (Å²) in [5.41, 5.74) is 0.239. The third-order valence-corrected chi connectivity index (χ3v) is 2.40. The highest BCUT2D eigenvalue weighted by molar-refractivity contribution is 4.84. The van der Waals surface area contributed by atoms with Gasteiger partial charge in [-0.05, 0) is 19.8 Å². The first kappa shape index (κ1) is 10.0. The minimum absolute atomic E-state index is 0.239. The summed E-state index contributed by atoms with van der Waals surface area (Å²) in [6.07, 6.45) is 0. The second-order valence-corrected chi connectivity index (χ2v) is 4.70. The molecule has 0 aromatic rings. The Morgan fingerprint density at radius 2 is 2.08 bits per heavy atom. The Morgan fingerprint density at radius 3 is 2.58 bits per heavy atom. The first-order valence-electron chi connectivity index (χ1n) is 4.85. The van der Waals surface area contributed by atoms with Crippen LogP contribution in [0.1, 0.15) is 27.7 Å². The minimum atomic E-state index is 0.239. The minimum Gasteiger partial charge on any atom is -0.378 e. The lowest BCUT2D eigenvalue weighted by Crippen LogP contribution is -2.53. The molecule has 0 aliphatic carbocycles. The molecule has 72 valence electrons. The van der Waals surface area contributed by atoms with E-state index in [9.17, 15) is 0 Å². The van der Waals surface area contributed by atoms with Crippen LogP contribution < -0.4 is 0 Å². The van der Waals surface area contributed by atoms with Crippen molar-refractivity contribution in [2.45, 2.75) is 33.2 Å². The van der Waals surface area contributed by atoms with Crippen molar-refractivity contribution < 1.29 is 4.74 Å². The van der Waals surface area contributed by atoms with Crippen LogP contribution in [-0.4, -0.2) is 36.7 Å². The van der Waals surface area contributed by atoms with E-state index in [2.05, 4.69) is 32.6 Å². The largest absolute Gasteiger partial charge is 0.378 e. The fraction of sp³-hybridized carbons (Fsp3) is 1.00. The van der Waals surface area contributed by atoms with Gasteiger partial charge < -0.3 is 4.74 Å². The zero-order valence-electron chi connectivity index (χ0n) is 8.76. The predicted octanol–water partition coefficient (Wildman–Crippen LogP) is 1.75. The normalized spacial score (nSPS) is 24.8. The Balaban J connectivity index is 2.48. The van der Waals surface area contributed by atoms with Crippen molar-refractivity contribution in [2.24, 2.45) is 5.92 Å². The molecule has 0 aromatic carbocycles. The van der Waals surface area contributed by atoms with Crippen LogP contribution in [0.2, 0.25) is 0 Å². The second kappa shape index (κ2) is 3.75. The van der Waals surface area contributed by atoms with Crippen LogP contribution in [0.3, 0.4) is 0 Å². The van der Waals surface area contributed by atoms with Gasteiger partial charge in [0.1, 0.15) is 0 Å². The van der Waals surface area contributed by atoms with Gasteiger partial charge in [-0.15, -0.1) is 0 Å². The molecule has 1 heterocycles. The van der Waals surface area contributed by atoms with Crippen LogP contribution in [-0.2, 0) is 4.74 Å². The van der Waals surface area contributed by atoms with Crippen LogP contribution in [0.25, 0.3) is 0 Å². The molecule has 1 aliphatic heterocycles. The molecule has 1 rings (SSSR count). The second-order valence-electron chi connectivity index (χ2n) is 4.70. The summed E-state index contributed by atoms with van der Waals surface area (Å²) < 4.78 is 5.45. The number of nitrogens with zero attached hydrogens (tertiary/aromatic N) is 1. The molecule has 1 fully saturated rings. The predicted molar refractivity (Wildman–Crippen MR) is 51.3 cm³/mol. The molecular formula is C10H21NO. The third kappa shape index (κ3) is 2.46. The van der Waals surface area contributed by atoms with Crippen molar-refractivity contribution in [1.29, 1.82) is 0 Å². The number of ether oxygens (including phenoxy) is 1. The number of hydrogen-bond donors (Lipinski definition) is 0. The van der Waals surface area contributed by atoms with Gasteiger partial charge in [0.05, 0.1) is 13.2 Å². The van der Waals surface area contributed by atoms with E-state index in [-0.39, 0.29) is 5.54 Å². The average molecular weight is 171 g/mol. The molecule has 0 saturated carbocycles. The molecule has 1 aliphatic rings. The first-order chi connectivity index (χ1) is 5.52. The standard InChI is InChI=1S/C10H21NO/c1-9(2)7-11-5-6-12-8-10(11,3)4/h9H,5-8H2,1-4H3. The molecular weight excluding hydrogens is 150 g/mol. The van der Waals surface area contributed by atoms with E-state index >= 15 is 0 Å². The maximum Gasteiger partial charge on any atom is 0.0645 e. The van der Waals surface area contributed by atoms with Crippen molar-refractivity contribution in [3.8, 4) is 0 Å². The van der Waals surface area contributed by atoms with E-state index in [0.717, 1.165) is 25.7 Å². The van der Waals surface area contributed by atoms with E-state index in [1.807, 2.05) is 0 Å². The lowest BCUT2D eigenvalue weighted by Gasteiger charge is -2.43. The highest BCUT2D eigenvalue weighted by atomic mass is 16.5. The molecule has 12 heavy (non-hydrogen) atoms. The van der Waals surface area contributed by atoms with Gasteiger partial charge in [-0.3, -0.25) is 4.90 Å². The van der Waals surface area contributed by atoms with Crippen LogP contribution in [0.5, 0.6) is 0 Å². The summed E-state index contributed by atoms with van der Waals surface area (Å²) in [7, 11) is 0. The quantitative estimate of drug-likeness (QED) is 0.627. The summed E-state index contributed by atoms with van der Waals surface area (Å²) in [6, 6.07) is 0. The van der Waals surface area contributed by atoms with Gasteiger partial charge in [0.2, 0.25) is 0 Å². The van der Waals surface area contributed by atoms with Gasteiger partial charge >= 0.3 is 0 Å². The van der Waals surface area contributed by atoms with Crippen LogP contribution in [0.15, 0.2) is 0 Å². The third-order valence-electron chi connectivity index (χ3n) is 2.40.